The van der Waals surface area contributed by atoms with E-state index in [0.29, 0.717) is 12.0 Å². The number of carbonyl (C=O) groups excluding carboxylic acids is 1. The second-order valence-electron chi connectivity index (χ2n) is 6.29. The van der Waals surface area contributed by atoms with Gasteiger partial charge < -0.3 is 15.0 Å². The highest BCUT2D eigenvalue weighted by Gasteiger charge is 2.31. The molecule has 0 aliphatic carbocycles. The van der Waals surface area contributed by atoms with E-state index in [9.17, 15) is 4.79 Å². The molecule has 0 saturated carbocycles. The maximum absolute atomic E-state index is 12.1. The maximum Gasteiger partial charge on any atom is 0.410 e. The fourth-order valence-corrected chi connectivity index (χ4v) is 2.63. The minimum atomic E-state index is -0.397. The average Bonchev–Trinajstić information content (AvgIpc) is 2.46. The molecule has 17 heavy (non-hydrogen) atoms. The third-order valence-corrected chi connectivity index (χ3v) is 3.43. The molecular weight excluding hydrogens is 216 g/mol. The summed E-state index contributed by atoms with van der Waals surface area (Å²) in [7, 11) is 0. The first kappa shape index (κ1) is 12.7. The Labute approximate surface area is 104 Å². The number of hydrogen-bond acceptors (Lipinski definition) is 3. The van der Waals surface area contributed by atoms with Gasteiger partial charge in [-0.05, 0) is 46.1 Å². The second-order valence-corrected chi connectivity index (χ2v) is 6.29. The third kappa shape index (κ3) is 3.60. The van der Waals surface area contributed by atoms with Crippen LogP contribution in [0.25, 0.3) is 0 Å². The van der Waals surface area contributed by atoms with Crippen molar-refractivity contribution in [2.24, 2.45) is 5.92 Å². The smallest absolute Gasteiger partial charge is 0.410 e. The van der Waals surface area contributed by atoms with Crippen molar-refractivity contribution in [2.75, 3.05) is 19.6 Å². The Morgan fingerprint density at radius 2 is 2.06 bits per heavy atom. The number of rotatable bonds is 0. The summed E-state index contributed by atoms with van der Waals surface area (Å²) in [5.41, 5.74) is -0.397. The zero-order valence-corrected chi connectivity index (χ0v) is 11.2. The van der Waals surface area contributed by atoms with E-state index in [4.69, 9.17) is 4.74 Å². The Morgan fingerprint density at radius 3 is 2.76 bits per heavy atom. The molecule has 4 heteroatoms. The molecule has 2 atom stereocenters. The number of nitrogens with one attached hydrogen (secondary N) is 1. The van der Waals surface area contributed by atoms with Crippen molar-refractivity contribution < 1.29 is 9.53 Å². The highest BCUT2D eigenvalue weighted by atomic mass is 16.6. The lowest BCUT2D eigenvalue weighted by Crippen LogP contribution is -2.43. The van der Waals surface area contributed by atoms with Crippen LogP contribution < -0.4 is 5.32 Å². The molecular formula is C13H24N2O2. The summed E-state index contributed by atoms with van der Waals surface area (Å²) >= 11 is 0. The lowest BCUT2D eigenvalue weighted by molar-refractivity contribution is 0.0213. The van der Waals surface area contributed by atoms with E-state index in [1.54, 1.807) is 0 Å². The minimum Gasteiger partial charge on any atom is -0.444 e. The monoisotopic (exact) mass is 240 g/mol. The van der Waals surface area contributed by atoms with Gasteiger partial charge in [0, 0.05) is 19.1 Å². The lowest BCUT2D eigenvalue weighted by Gasteiger charge is -2.30. The number of ether oxygens (including phenoxy) is 1. The zero-order valence-electron chi connectivity index (χ0n) is 11.2. The molecule has 0 radical (unpaired) electrons. The summed E-state index contributed by atoms with van der Waals surface area (Å²) in [4.78, 5) is 14.0. The molecule has 1 amide bonds. The van der Waals surface area contributed by atoms with E-state index in [1.807, 2.05) is 25.7 Å². The molecule has 1 N–H and O–H groups in total. The predicted molar refractivity (Wildman–Crippen MR) is 66.9 cm³/mol. The second kappa shape index (κ2) is 4.84. The number of hydrogen-bond donors (Lipinski definition) is 1. The van der Waals surface area contributed by atoms with Crippen molar-refractivity contribution in [1.82, 2.24) is 10.2 Å². The van der Waals surface area contributed by atoms with Gasteiger partial charge in [0.1, 0.15) is 5.60 Å². The van der Waals surface area contributed by atoms with Gasteiger partial charge in [0.05, 0.1) is 0 Å². The van der Waals surface area contributed by atoms with Crippen molar-refractivity contribution in [3.05, 3.63) is 0 Å². The van der Waals surface area contributed by atoms with Crippen molar-refractivity contribution in [1.29, 1.82) is 0 Å². The Bertz CT molecular complexity index is 272. The molecule has 0 spiro atoms. The van der Waals surface area contributed by atoms with E-state index in [0.717, 1.165) is 19.6 Å². The van der Waals surface area contributed by atoms with Gasteiger partial charge >= 0.3 is 6.09 Å². The van der Waals surface area contributed by atoms with Crippen LogP contribution in [0.3, 0.4) is 0 Å². The van der Waals surface area contributed by atoms with Gasteiger partial charge in [-0.2, -0.15) is 0 Å². The van der Waals surface area contributed by atoms with E-state index in [1.165, 1.54) is 19.3 Å². The van der Waals surface area contributed by atoms with Crippen LogP contribution in [0, 0.1) is 5.92 Å². The first-order valence-electron chi connectivity index (χ1n) is 6.65. The van der Waals surface area contributed by atoms with Crippen molar-refractivity contribution in [3.8, 4) is 0 Å². The first-order valence-corrected chi connectivity index (χ1v) is 6.65. The summed E-state index contributed by atoms with van der Waals surface area (Å²) in [6.07, 6.45) is 3.53. The van der Waals surface area contributed by atoms with Crippen LogP contribution >= 0.6 is 0 Å². The Kier molecular flexibility index (Phi) is 3.61. The molecule has 2 saturated heterocycles. The molecule has 0 aromatic carbocycles. The average molecular weight is 240 g/mol. The van der Waals surface area contributed by atoms with Gasteiger partial charge in [0.25, 0.3) is 0 Å². The van der Waals surface area contributed by atoms with Gasteiger partial charge in [-0.15, -0.1) is 0 Å². The summed E-state index contributed by atoms with van der Waals surface area (Å²) < 4.78 is 5.46. The Morgan fingerprint density at radius 1 is 1.29 bits per heavy atom. The summed E-state index contributed by atoms with van der Waals surface area (Å²) in [5.74, 6) is 0.593. The largest absolute Gasteiger partial charge is 0.444 e. The fourth-order valence-electron chi connectivity index (χ4n) is 2.63. The Hall–Kier alpha value is -0.770. The quantitative estimate of drug-likeness (QED) is 0.704. The molecule has 2 unspecified atom stereocenters. The summed E-state index contributed by atoms with van der Waals surface area (Å²) in [6.45, 7) is 8.44. The third-order valence-electron chi connectivity index (χ3n) is 3.43. The van der Waals surface area contributed by atoms with E-state index in [-0.39, 0.29) is 6.09 Å². The topological polar surface area (TPSA) is 41.6 Å². The van der Waals surface area contributed by atoms with E-state index >= 15 is 0 Å². The molecule has 0 aromatic heterocycles. The maximum atomic E-state index is 12.1. The molecule has 2 fully saturated rings. The molecule has 2 aliphatic heterocycles. The van der Waals surface area contributed by atoms with Gasteiger partial charge in [-0.3, -0.25) is 0 Å². The van der Waals surface area contributed by atoms with Gasteiger partial charge in [-0.1, -0.05) is 6.42 Å². The van der Waals surface area contributed by atoms with Crippen LogP contribution in [0.5, 0.6) is 0 Å². The van der Waals surface area contributed by atoms with Crippen LogP contribution in [-0.4, -0.2) is 42.3 Å². The van der Waals surface area contributed by atoms with Crippen molar-refractivity contribution in [2.45, 2.75) is 51.7 Å². The van der Waals surface area contributed by atoms with Gasteiger partial charge in [0.2, 0.25) is 0 Å². The molecule has 0 aromatic rings. The molecule has 2 bridgehead atoms. The predicted octanol–water partition coefficient (Wildman–Crippen LogP) is 2.00. The van der Waals surface area contributed by atoms with Gasteiger partial charge in [-0.25, -0.2) is 4.79 Å². The van der Waals surface area contributed by atoms with Crippen molar-refractivity contribution >= 4 is 6.09 Å². The molecule has 4 nitrogen and oxygen atoms in total. The van der Waals surface area contributed by atoms with Crippen LogP contribution in [0.1, 0.15) is 40.0 Å². The lowest BCUT2D eigenvalue weighted by atomic mass is 10.0. The van der Waals surface area contributed by atoms with Crippen LogP contribution in [-0.2, 0) is 4.74 Å². The highest BCUT2D eigenvalue weighted by Crippen LogP contribution is 2.22. The van der Waals surface area contributed by atoms with E-state index < -0.39 is 5.60 Å². The molecule has 98 valence electrons. The normalized spacial score (nSPS) is 29.7. The zero-order chi connectivity index (χ0) is 12.5. The number of fused-ring (bicyclic) bond motifs is 3. The van der Waals surface area contributed by atoms with Crippen LogP contribution in [0.15, 0.2) is 0 Å². The number of carbonyl (C=O) groups is 1. The fraction of sp³-hybridized carbons (Fsp3) is 0.923. The Balaban J connectivity index is 1.99. The van der Waals surface area contributed by atoms with E-state index in [2.05, 4.69) is 5.32 Å². The molecule has 2 rings (SSSR count). The summed E-state index contributed by atoms with van der Waals surface area (Å²) in [6, 6.07) is 0.454. The van der Waals surface area contributed by atoms with Crippen LogP contribution in [0.4, 0.5) is 4.79 Å². The van der Waals surface area contributed by atoms with Crippen molar-refractivity contribution in [3.63, 3.8) is 0 Å². The van der Waals surface area contributed by atoms with Gasteiger partial charge in [0.15, 0.2) is 0 Å². The van der Waals surface area contributed by atoms with Crippen LogP contribution in [0.2, 0.25) is 0 Å². The number of amides is 1. The summed E-state index contributed by atoms with van der Waals surface area (Å²) in [5, 5.41) is 3.54. The first-order chi connectivity index (χ1) is 7.94. The number of likely N-dealkylation sites (tertiary alicyclic amines) is 1. The minimum absolute atomic E-state index is 0.155. The molecule has 2 aliphatic rings. The molecule has 2 heterocycles. The SMILES string of the molecule is CC(C)(C)OC(=O)N1CC2CCCC(C1)NC2. The highest BCUT2D eigenvalue weighted by molar-refractivity contribution is 5.68. The standard InChI is InChI=1S/C13H24N2O2/c1-13(2,3)17-12(16)15-8-10-5-4-6-11(9-15)14-7-10/h10-11,14H,4-9H2,1-3H3. The number of nitrogens with zero attached hydrogens (tertiary/aromatic N) is 1.